The zero-order valence-corrected chi connectivity index (χ0v) is 9.59. The molecule has 0 aromatic carbocycles. The molecule has 0 aliphatic carbocycles. The molecule has 1 atom stereocenters. The molecule has 1 N–H and O–H groups in total. The van der Waals surface area contributed by atoms with Gasteiger partial charge in [0.2, 0.25) is 0 Å². The molecule has 1 rings (SSSR count). The number of aliphatic carboxylic acids is 1. The molecular weight excluding hydrogens is 216 g/mol. The second kappa shape index (κ2) is 5.57. The highest BCUT2D eigenvalue weighted by atomic mass is 19.3. The van der Waals surface area contributed by atoms with Gasteiger partial charge in [0, 0.05) is 6.42 Å². The lowest BCUT2D eigenvalue weighted by molar-refractivity contribution is -0.142. The van der Waals surface area contributed by atoms with E-state index < -0.39 is 17.8 Å². The van der Waals surface area contributed by atoms with Gasteiger partial charge in [-0.1, -0.05) is 6.92 Å². The summed E-state index contributed by atoms with van der Waals surface area (Å²) in [6, 6.07) is 0. The maximum Gasteiger partial charge on any atom is 0.306 e. The van der Waals surface area contributed by atoms with E-state index in [1.807, 2.05) is 6.92 Å². The van der Waals surface area contributed by atoms with Crippen molar-refractivity contribution in [2.75, 3.05) is 19.6 Å². The number of nitrogens with zero attached hydrogens (tertiary/aromatic N) is 1. The monoisotopic (exact) mass is 235 g/mol. The maximum absolute atomic E-state index is 13.1. The van der Waals surface area contributed by atoms with Crippen LogP contribution in [0.1, 0.15) is 32.6 Å². The van der Waals surface area contributed by atoms with E-state index in [-0.39, 0.29) is 13.0 Å². The normalized spacial score (nSPS) is 22.9. The average Bonchev–Trinajstić information content (AvgIpc) is 2.16. The molecule has 1 heterocycles. The number of carboxylic acids is 1. The number of likely N-dealkylation sites (tertiary alicyclic amines) is 1. The lowest BCUT2D eigenvalue weighted by atomic mass is 10.0. The van der Waals surface area contributed by atoms with Crippen LogP contribution in [-0.2, 0) is 4.79 Å². The molecule has 1 fully saturated rings. The van der Waals surface area contributed by atoms with E-state index in [9.17, 15) is 13.6 Å². The third kappa shape index (κ3) is 4.04. The van der Waals surface area contributed by atoms with Gasteiger partial charge in [-0.15, -0.1) is 0 Å². The Kier molecular flexibility index (Phi) is 4.65. The smallest absolute Gasteiger partial charge is 0.306 e. The van der Waals surface area contributed by atoms with Crippen molar-refractivity contribution in [3.63, 3.8) is 0 Å². The first-order chi connectivity index (χ1) is 7.44. The van der Waals surface area contributed by atoms with Crippen LogP contribution in [0.15, 0.2) is 0 Å². The minimum absolute atomic E-state index is 0.0420. The summed E-state index contributed by atoms with van der Waals surface area (Å²) in [5, 5.41) is 8.84. The van der Waals surface area contributed by atoms with E-state index in [1.165, 1.54) is 0 Å². The standard InChI is InChI=1S/C11H19F2NO2/c1-2-9(10(15)16)4-7-14-6-3-5-11(12,13)8-14/h9H,2-8H2,1H3,(H,15,16)/t9-/m0/s1. The van der Waals surface area contributed by atoms with Gasteiger partial charge in [-0.2, -0.15) is 0 Å². The highest BCUT2D eigenvalue weighted by molar-refractivity contribution is 5.69. The summed E-state index contributed by atoms with van der Waals surface area (Å²) in [6.45, 7) is 2.71. The van der Waals surface area contributed by atoms with Gasteiger partial charge in [0.25, 0.3) is 5.92 Å². The van der Waals surface area contributed by atoms with Crippen molar-refractivity contribution in [1.82, 2.24) is 4.90 Å². The van der Waals surface area contributed by atoms with E-state index in [0.717, 1.165) is 0 Å². The van der Waals surface area contributed by atoms with Gasteiger partial charge in [-0.05, 0) is 32.4 Å². The van der Waals surface area contributed by atoms with Crippen molar-refractivity contribution in [2.24, 2.45) is 5.92 Å². The largest absolute Gasteiger partial charge is 0.481 e. The number of hydrogen-bond acceptors (Lipinski definition) is 2. The predicted octanol–water partition coefficient (Wildman–Crippen LogP) is 2.22. The summed E-state index contributed by atoms with van der Waals surface area (Å²) in [4.78, 5) is 12.4. The van der Waals surface area contributed by atoms with Crippen LogP contribution in [0.2, 0.25) is 0 Å². The number of halogens is 2. The van der Waals surface area contributed by atoms with Gasteiger partial charge < -0.3 is 5.11 Å². The number of hydrogen-bond donors (Lipinski definition) is 1. The first-order valence-electron chi connectivity index (χ1n) is 5.77. The molecule has 0 amide bonds. The second-order valence-electron chi connectivity index (χ2n) is 4.47. The van der Waals surface area contributed by atoms with Crippen molar-refractivity contribution in [1.29, 1.82) is 0 Å². The lowest BCUT2D eigenvalue weighted by Gasteiger charge is -2.32. The molecule has 0 aromatic heterocycles. The first-order valence-corrected chi connectivity index (χ1v) is 5.77. The Bertz CT molecular complexity index is 246. The zero-order valence-electron chi connectivity index (χ0n) is 9.59. The Labute approximate surface area is 94.4 Å². The average molecular weight is 235 g/mol. The molecule has 0 radical (unpaired) electrons. The van der Waals surface area contributed by atoms with Crippen molar-refractivity contribution in [3.8, 4) is 0 Å². The van der Waals surface area contributed by atoms with E-state index in [2.05, 4.69) is 0 Å². The molecular formula is C11H19F2NO2. The lowest BCUT2D eigenvalue weighted by Crippen LogP contribution is -2.43. The number of rotatable bonds is 5. The number of carboxylic acid groups (broad SMARTS) is 1. The molecule has 94 valence electrons. The van der Waals surface area contributed by atoms with Crippen molar-refractivity contribution in [2.45, 2.75) is 38.5 Å². The second-order valence-corrected chi connectivity index (χ2v) is 4.47. The molecule has 0 aromatic rings. The number of carbonyl (C=O) groups is 1. The number of piperidine rings is 1. The minimum Gasteiger partial charge on any atom is -0.481 e. The Morgan fingerprint density at radius 2 is 2.25 bits per heavy atom. The van der Waals surface area contributed by atoms with E-state index in [4.69, 9.17) is 5.11 Å². The minimum atomic E-state index is -2.59. The van der Waals surface area contributed by atoms with Crippen LogP contribution in [0.5, 0.6) is 0 Å². The molecule has 16 heavy (non-hydrogen) atoms. The van der Waals surface area contributed by atoms with Crippen LogP contribution < -0.4 is 0 Å². The highest BCUT2D eigenvalue weighted by Gasteiger charge is 2.35. The van der Waals surface area contributed by atoms with Crippen LogP contribution >= 0.6 is 0 Å². The summed E-state index contributed by atoms with van der Waals surface area (Å²) >= 11 is 0. The zero-order chi connectivity index (χ0) is 12.2. The number of alkyl halides is 2. The molecule has 5 heteroatoms. The van der Waals surface area contributed by atoms with Crippen molar-refractivity contribution < 1.29 is 18.7 Å². The third-order valence-electron chi connectivity index (χ3n) is 3.11. The summed E-state index contributed by atoms with van der Waals surface area (Å²) in [7, 11) is 0. The first kappa shape index (κ1) is 13.4. The molecule has 0 spiro atoms. The van der Waals surface area contributed by atoms with Gasteiger partial charge in [0.1, 0.15) is 0 Å². The molecule has 0 unspecified atom stereocenters. The molecule has 3 nitrogen and oxygen atoms in total. The Morgan fingerprint density at radius 1 is 1.56 bits per heavy atom. The fourth-order valence-electron chi connectivity index (χ4n) is 2.08. The van der Waals surface area contributed by atoms with E-state index in [1.54, 1.807) is 4.90 Å². The summed E-state index contributed by atoms with van der Waals surface area (Å²) in [5.41, 5.74) is 0. The Morgan fingerprint density at radius 3 is 2.75 bits per heavy atom. The summed E-state index contributed by atoms with van der Waals surface area (Å²) in [5.74, 6) is -3.83. The maximum atomic E-state index is 13.1. The topological polar surface area (TPSA) is 40.5 Å². The van der Waals surface area contributed by atoms with E-state index >= 15 is 0 Å². The molecule has 1 saturated heterocycles. The van der Waals surface area contributed by atoms with Crippen LogP contribution in [0.25, 0.3) is 0 Å². The molecule has 1 aliphatic heterocycles. The summed E-state index contributed by atoms with van der Waals surface area (Å²) in [6.07, 6.45) is 1.47. The fraction of sp³-hybridized carbons (Fsp3) is 0.909. The quantitative estimate of drug-likeness (QED) is 0.794. The van der Waals surface area contributed by atoms with Crippen LogP contribution in [0.3, 0.4) is 0 Å². The molecule has 1 aliphatic rings. The molecule has 0 saturated carbocycles. The third-order valence-corrected chi connectivity index (χ3v) is 3.11. The van der Waals surface area contributed by atoms with Crippen molar-refractivity contribution in [3.05, 3.63) is 0 Å². The van der Waals surface area contributed by atoms with Gasteiger partial charge in [0.05, 0.1) is 12.5 Å². The summed E-state index contributed by atoms with van der Waals surface area (Å²) < 4.78 is 26.1. The SMILES string of the molecule is CC[C@@H](CCN1CCCC(F)(F)C1)C(=O)O. The van der Waals surface area contributed by atoms with Crippen LogP contribution in [0.4, 0.5) is 8.78 Å². The van der Waals surface area contributed by atoms with Gasteiger partial charge in [-0.3, -0.25) is 9.69 Å². The Hall–Kier alpha value is -0.710. The highest BCUT2D eigenvalue weighted by Crippen LogP contribution is 2.26. The molecule has 0 bridgehead atoms. The Balaban J connectivity index is 2.34. The van der Waals surface area contributed by atoms with Gasteiger partial charge in [-0.25, -0.2) is 8.78 Å². The fourth-order valence-corrected chi connectivity index (χ4v) is 2.08. The van der Waals surface area contributed by atoms with Gasteiger partial charge >= 0.3 is 5.97 Å². The van der Waals surface area contributed by atoms with E-state index in [0.29, 0.717) is 32.4 Å². The van der Waals surface area contributed by atoms with Crippen LogP contribution in [-0.4, -0.2) is 41.5 Å². The predicted molar refractivity (Wildman–Crippen MR) is 56.7 cm³/mol. The van der Waals surface area contributed by atoms with Gasteiger partial charge in [0.15, 0.2) is 0 Å². The van der Waals surface area contributed by atoms with Crippen LogP contribution in [0, 0.1) is 5.92 Å². The van der Waals surface area contributed by atoms with Crippen molar-refractivity contribution >= 4 is 5.97 Å².